The predicted octanol–water partition coefficient (Wildman–Crippen LogP) is 2.98. The summed E-state index contributed by atoms with van der Waals surface area (Å²) in [5.74, 6) is -2.77. The summed E-state index contributed by atoms with van der Waals surface area (Å²) in [6.45, 7) is 8.98. The van der Waals surface area contributed by atoms with Gasteiger partial charge in [-0.25, -0.2) is 8.78 Å². The highest BCUT2D eigenvalue weighted by atomic mass is 19.3. The molecule has 2 N–H and O–H groups in total. The zero-order valence-electron chi connectivity index (χ0n) is 10.3. The van der Waals surface area contributed by atoms with Gasteiger partial charge in [0.1, 0.15) is 0 Å². The Kier molecular flexibility index (Phi) is 8.77. The first kappa shape index (κ1) is 16.9. The smallest absolute Gasteiger partial charge is 0.263 e. The van der Waals surface area contributed by atoms with E-state index in [1.54, 1.807) is 0 Å². The Hall–Kier alpha value is -0.480. The van der Waals surface area contributed by atoms with Crippen molar-refractivity contribution in [2.75, 3.05) is 13.2 Å². The summed E-state index contributed by atoms with van der Waals surface area (Å²) in [6, 6.07) is 0. The van der Waals surface area contributed by atoms with Gasteiger partial charge in [-0.05, 0) is 19.9 Å². The number of hydrogen-bond donors (Lipinski definition) is 1. The third-order valence-corrected chi connectivity index (χ3v) is 1.47. The van der Waals surface area contributed by atoms with E-state index in [9.17, 15) is 8.78 Å². The first-order valence-corrected chi connectivity index (χ1v) is 5.16. The maximum Gasteiger partial charge on any atom is 0.263 e. The predicted molar refractivity (Wildman–Crippen MR) is 60.2 cm³/mol. The van der Waals surface area contributed by atoms with E-state index in [-0.39, 0.29) is 6.61 Å². The van der Waals surface area contributed by atoms with Crippen molar-refractivity contribution >= 4 is 0 Å². The van der Waals surface area contributed by atoms with Gasteiger partial charge in [-0.3, -0.25) is 0 Å². The molecular formula is C11H23F2NO. The summed E-state index contributed by atoms with van der Waals surface area (Å²) < 4.78 is 29.7. The second kappa shape index (κ2) is 7.77. The van der Waals surface area contributed by atoms with Crippen molar-refractivity contribution in [3.8, 4) is 0 Å². The second-order valence-electron chi connectivity index (χ2n) is 3.63. The molecule has 0 atom stereocenters. The van der Waals surface area contributed by atoms with Crippen LogP contribution in [-0.2, 0) is 4.74 Å². The number of nitrogens with two attached hydrogens (primary N) is 1. The third kappa shape index (κ3) is 13.5. The Balaban J connectivity index is 0. The summed E-state index contributed by atoms with van der Waals surface area (Å²) in [5, 5.41) is 0. The van der Waals surface area contributed by atoms with E-state index < -0.39 is 11.5 Å². The molecular weight excluding hydrogens is 200 g/mol. The maximum atomic E-state index is 12.3. The highest BCUT2D eigenvalue weighted by molar-refractivity contribution is 4.92. The summed E-state index contributed by atoms with van der Waals surface area (Å²) in [6.07, 6.45) is 2.12. The number of allylic oxidation sites excluding steroid dienone is 1. The fraction of sp³-hybridized carbons (Fsp3) is 0.818. The van der Waals surface area contributed by atoms with Crippen LogP contribution in [-0.4, -0.2) is 24.7 Å². The summed E-state index contributed by atoms with van der Waals surface area (Å²) in [5.41, 5.74) is 4.93. The summed E-state index contributed by atoms with van der Waals surface area (Å²) in [4.78, 5) is 0. The first-order valence-electron chi connectivity index (χ1n) is 5.16. The van der Waals surface area contributed by atoms with E-state index in [1.165, 1.54) is 6.08 Å². The van der Waals surface area contributed by atoms with Crippen LogP contribution < -0.4 is 5.73 Å². The number of alkyl halides is 2. The monoisotopic (exact) mass is 223 g/mol. The fourth-order valence-electron chi connectivity index (χ4n) is 0.588. The topological polar surface area (TPSA) is 35.2 Å². The van der Waals surface area contributed by atoms with Gasteiger partial charge in [-0.1, -0.05) is 19.9 Å². The molecule has 0 radical (unpaired) electrons. The molecule has 0 aromatic heterocycles. The van der Waals surface area contributed by atoms with Gasteiger partial charge < -0.3 is 10.5 Å². The van der Waals surface area contributed by atoms with Gasteiger partial charge in [0.15, 0.2) is 0 Å². The molecule has 0 aromatic carbocycles. The molecule has 0 saturated heterocycles. The Morgan fingerprint density at radius 3 is 2.00 bits per heavy atom. The molecule has 15 heavy (non-hydrogen) atoms. The Morgan fingerprint density at radius 2 is 1.67 bits per heavy atom. The van der Waals surface area contributed by atoms with Crippen molar-refractivity contribution in [2.45, 2.75) is 46.1 Å². The minimum absolute atomic E-state index is 0.160. The van der Waals surface area contributed by atoms with Crippen LogP contribution in [0.3, 0.4) is 0 Å². The minimum atomic E-state index is -2.77. The van der Waals surface area contributed by atoms with E-state index in [0.29, 0.717) is 6.54 Å². The van der Waals surface area contributed by atoms with E-state index in [0.717, 1.165) is 13.0 Å². The van der Waals surface area contributed by atoms with Gasteiger partial charge >= 0.3 is 0 Å². The fourth-order valence-corrected chi connectivity index (χ4v) is 0.588. The average Bonchev–Trinajstić information content (AvgIpc) is 2.15. The van der Waals surface area contributed by atoms with Gasteiger partial charge in [0.05, 0.1) is 12.2 Å². The molecule has 0 aliphatic rings. The minimum Gasteiger partial charge on any atom is -0.370 e. The summed E-state index contributed by atoms with van der Waals surface area (Å²) >= 11 is 0. The van der Waals surface area contributed by atoms with Gasteiger partial charge in [0.2, 0.25) is 0 Å². The van der Waals surface area contributed by atoms with E-state index in [4.69, 9.17) is 10.5 Å². The van der Waals surface area contributed by atoms with Gasteiger partial charge in [-0.15, -0.1) is 0 Å². The number of rotatable bonds is 5. The quantitative estimate of drug-likeness (QED) is 0.727. The van der Waals surface area contributed by atoms with Gasteiger partial charge in [0, 0.05) is 13.5 Å². The molecule has 0 heterocycles. The molecule has 0 bridgehead atoms. The van der Waals surface area contributed by atoms with Crippen LogP contribution in [0.25, 0.3) is 0 Å². The lowest BCUT2D eigenvalue weighted by molar-refractivity contribution is 0.00533. The number of hydrogen-bond acceptors (Lipinski definition) is 2. The molecule has 0 aromatic rings. The number of ether oxygens (including phenoxy) is 1. The normalized spacial score (nSPS) is 12.5. The van der Waals surface area contributed by atoms with Crippen molar-refractivity contribution < 1.29 is 13.5 Å². The van der Waals surface area contributed by atoms with E-state index in [2.05, 4.69) is 0 Å². The highest BCUT2D eigenvalue weighted by Crippen LogP contribution is 2.13. The van der Waals surface area contributed by atoms with E-state index >= 15 is 0 Å². The molecule has 0 rings (SSSR count). The first-order chi connectivity index (χ1) is 6.77. The molecule has 2 nitrogen and oxygen atoms in total. The molecule has 0 amide bonds. The standard InChI is InChI=1S/C9H17F2NO.C2H6/c1-8(2,7-12)13-6-4-5-9(3,10)11;1-2/h4-5H,6-7,12H2,1-3H3;1-2H3/b5-4+;. The maximum absolute atomic E-state index is 12.3. The van der Waals surface area contributed by atoms with Gasteiger partial charge in [0.25, 0.3) is 5.92 Å². The third-order valence-electron chi connectivity index (χ3n) is 1.47. The average molecular weight is 223 g/mol. The molecule has 0 aliphatic carbocycles. The molecule has 92 valence electrons. The largest absolute Gasteiger partial charge is 0.370 e. The van der Waals surface area contributed by atoms with Crippen LogP contribution in [0.5, 0.6) is 0 Å². The van der Waals surface area contributed by atoms with Crippen LogP contribution in [0.1, 0.15) is 34.6 Å². The van der Waals surface area contributed by atoms with Crippen LogP contribution >= 0.6 is 0 Å². The van der Waals surface area contributed by atoms with Crippen molar-refractivity contribution in [3.63, 3.8) is 0 Å². The SMILES string of the molecule is CC.CC(F)(F)/C=C/COC(C)(C)CN. The van der Waals surface area contributed by atoms with Crippen molar-refractivity contribution in [1.82, 2.24) is 0 Å². The van der Waals surface area contributed by atoms with Crippen molar-refractivity contribution in [3.05, 3.63) is 12.2 Å². The lowest BCUT2D eigenvalue weighted by atomic mass is 10.1. The lowest BCUT2D eigenvalue weighted by Crippen LogP contribution is -2.34. The van der Waals surface area contributed by atoms with Crippen LogP contribution in [0, 0.1) is 0 Å². The van der Waals surface area contributed by atoms with Gasteiger partial charge in [-0.2, -0.15) is 0 Å². The molecule has 0 fully saturated rings. The van der Waals surface area contributed by atoms with Crippen molar-refractivity contribution in [1.29, 1.82) is 0 Å². The lowest BCUT2D eigenvalue weighted by Gasteiger charge is -2.22. The molecule has 0 aliphatic heterocycles. The highest BCUT2D eigenvalue weighted by Gasteiger charge is 2.16. The molecule has 0 unspecified atom stereocenters. The molecule has 0 spiro atoms. The Bertz CT molecular complexity index is 174. The zero-order chi connectivity index (χ0) is 12.5. The Morgan fingerprint density at radius 1 is 1.20 bits per heavy atom. The molecule has 0 saturated carbocycles. The van der Waals surface area contributed by atoms with Crippen molar-refractivity contribution in [2.24, 2.45) is 5.73 Å². The second-order valence-corrected chi connectivity index (χ2v) is 3.63. The number of halogens is 2. The van der Waals surface area contributed by atoms with Crippen LogP contribution in [0.15, 0.2) is 12.2 Å². The summed E-state index contributed by atoms with van der Waals surface area (Å²) in [7, 11) is 0. The van der Waals surface area contributed by atoms with Crippen LogP contribution in [0.4, 0.5) is 8.78 Å². The zero-order valence-corrected chi connectivity index (χ0v) is 10.3. The Labute approximate surface area is 91.5 Å². The molecule has 4 heteroatoms. The van der Waals surface area contributed by atoms with E-state index in [1.807, 2.05) is 27.7 Å². The van der Waals surface area contributed by atoms with Crippen LogP contribution in [0.2, 0.25) is 0 Å².